The van der Waals surface area contributed by atoms with Gasteiger partial charge in [0.15, 0.2) is 0 Å². The zero-order valence-electron chi connectivity index (χ0n) is 11.0. The quantitative estimate of drug-likeness (QED) is 0.506. The van der Waals surface area contributed by atoms with Crippen molar-refractivity contribution in [3.8, 4) is 11.8 Å². The second-order valence-electron chi connectivity index (χ2n) is 4.20. The van der Waals surface area contributed by atoms with Crippen molar-refractivity contribution in [2.75, 3.05) is 0 Å². The number of carbonyl (C=O) groups is 1. The number of nitrogens with zero attached hydrogens (tertiary/aromatic N) is 1. The van der Waals surface area contributed by atoms with Crippen molar-refractivity contribution in [1.29, 1.82) is 5.26 Å². The van der Waals surface area contributed by atoms with E-state index in [-0.39, 0.29) is 5.91 Å². The standard InChI is InChI=1S/C15H12BrN3O2/c16-14-7-11(15(20)19-18)3-4-12(14)9-21-13-5-1-10(8-17)2-6-13/h1-7H,9,18H2,(H,19,20). The molecule has 0 saturated heterocycles. The predicted octanol–water partition coefficient (Wildman–Crippen LogP) is 2.50. The molecule has 0 radical (unpaired) electrons. The number of amides is 1. The van der Waals surface area contributed by atoms with Crippen molar-refractivity contribution in [2.24, 2.45) is 5.84 Å². The van der Waals surface area contributed by atoms with Gasteiger partial charge in [0.25, 0.3) is 5.91 Å². The molecule has 3 N–H and O–H groups in total. The van der Waals surface area contributed by atoms with Crippen LogP contribution in [-0.4, -0.2) is 5.91 Å². The minimum absolute atomic E-state index is 0.344. The molecule has 0 spiro atoms. The van der Waals surface area contributed by atoms with Gasteiger partial charge in [0.2, 0.25) is 0 Å². The molecule has 6 heteroatoms. The van der Waals surface area contributed by atoms with E-state index in [2.05, 4.69) is 21.4 Å². The largest absolute Gasteiger partial charge is 0.489 e. The van der Waals surface area contributed by atoms with Crippen LogP contribution in [0.1, 0.15) is 21.5 Å². The van der Waals surface area contributed by atoms with Crippen LogP contribution >= 0.6 is 15.9 Å². The minimum atomic E-state index is -0.352. The number of benzene rings is 2. The van der Waals surface area contributed by atoms with Crippen LogP contribution in [0.3, 0.4) is 0 Å². The van der Waals surface area contributed by atoms with Crippen LogP contribution in [0.25, 0.3) is 0 Å². The number of halogens is 1. The maximum absolute atomic E-state index is 11.4. The number of carbonyl (C=O) groups excluding carboxylic acids is 1. The third kappa shape index (κ3) is 3.81. The Kier molecular flexibility index (Phi) is 4.93. The fourth-order valence-corrected chi connectivity index (χ4v) is 2.17. The minimum Gasteiger partial charge on any atom is -0.489 e. The first-order valence-corrected chi connectivity index (χ1v) is 6.85. The summed E-state index contributed by atoms with van der Waals surface area (Å²) in [4.78, 5) is 11.4. The topological polar surface area (TPSA) is 88.1 Å². The summed E-state index contributed by atoms with van der Waals surface area (Å²) in [5.74, 6) is 5.41. The number of rotatable bonds is 4. The zero-order chi connectivity index (χ0) is 15.2. The molecule has 0 aliphatic carbocycles. The molecule has 0 aliphatic heterocycles. The lowest BCUT2D eigenvalue weighted by Gasteiger charge is -2.09. The summed E-state index contributed by atoms with van der Waals surface area (Å²) in [5, 5.41) is 8.73. The van der Waals surface area contributed by atoms with Crippen LogP contribution in [0.5, 0.6) is 5.75 Å². The maximum atomic E-state index is 11.4. The zero-order valence-corrected chi connectivity index (χ0v) is 12.6. The van der Waals surface area contributed by atoms with E-state index in [9.17, 15) is 4.79 Å². The van der Waals surface area contributed by atoms with Gasteiger partial charge in [-0.05, 0) is 36.4 Å². The fourth-order valence-electron chi connectivity index (χ4n) is 1.68. The molecule has 1 amide bonds. The summed E-state index contributed by atoms with van der Waals surface area (Å²) in [6.07, 6.45) is 0. The first-order valence-electron chi connectivity index (χ1n) is 6.06. The first-order chi connectivity index (χ1) is 10.1. The van der Waals surface area contributed by atoms with Gasteiger partial charge in [0.05, 0.1) is 11.6 Å². The lowest BCUT2D eigenvalue weighted by atomic mass is 10.1. The third-order valence-electron chi connectivity index (χ3n) is 2.82. The van der Waals surface area contributed by atoms with Gasteiger partial charge in [0.1, 0.15) is 12.4 Å². The number of hydrogen-bond donors (Lipinski definition) is 2. The molecule has 0 bridgehead atoms. The third-order valence-corrected chi connectivity index (χ3v) is 3.56. The number of hydrazine groups is 1. The van der Waals surface area contributed by atoms with Gasteiger partial charge in [0, 0.05) is 15.6 Å². The molecule has 0 atom stereocenters. The average Bonchev–Trinajstić information content (AvgIpc) is 2.53. The van der Waals surface area contributed by atoms with Gasteiger partial charge < -0.3 is 4.74 Å². The second kappa shape index (κ2) is 6.88. The molecule has 2 rings (SSSR count). The highest BCUT2D eigenvalue weighted by molar-refractivity contribution is 9.10. The van der Waals surface area contributed by atoms with Crippen molar-refractivity contribution < 1.29 is 9.53 Å². The van der Waals surface area contributed by atoms with E-state index in [1.165, 1.54) is 0 Å². The van der Waals surface area contributed by atoms with Gasteiger partial charge in [-0.2, -0.15) is 5.26 Å². The number of ether oxygens (including phenoxy) is 1. The molecular formula is C15H12BrN3O2. The lowest BCUT2D eigenvalue weighted by Crippen LogP contribution is -2.29. The van der Waals surface area contributed by atoms with E-state index < -0.39 is 0 Å². The SMILES string of the molecule is N#Cc1ccc(OCc2ccc(C(=O)NN)cc2Br)cc1. The van der Waals surface area contributed by atoms with Gasteiger partial charge >= 0.3 is 0 Å². The Bertz CT molecular complexity index is 693. The van der Waals surface area contributed by atoms with Crippen molar-refractivity contribution in [3.05, 3.63) is 63.6 Å². The van der Waals surface area contributed by atoms with Crippen molar-refractivity contribution >= 4 is 21.8 Å². The first kappa shape index (κ1) is 15.0. The van der Waals surface area contributed by atoms with E-state index in [0.29, 0.717) is 23.5 Å². The van der Waals surface area contributed by atoms with E-state index in [1.807, 2.05) is 6.07 Å². The van der Waals surface area contributed by atoms with E-state index >= 15 is 0 Å². The van der Waals surface area contributed by atoms with E-state index in [4.69, 9.17) is 15.8 Å². The molecule has 106 valence electrons. The Morgan fingerprint density at radius 1 is 1.29 bits per heavy atom. The van der Waals surface area contributed by atoms with Gasteiger partial charge in [-0.3, -0.25) is 10.2 Å². The summed E-state index contributed by atoms with van der Waals surface area (Å²) in [6, 6.07) is 14.1. The highest BCUT2D eigenvalue weighted by Crippen LogP contribution is 2.21. The molecule has 0 aliphatic rings. The summed E-state index contributed by atoms with van der Waals surface area (Å²) in [6.45, 7) is 0.344. The molecule has 0 heterocycles. The van der Waals surface area contributed by atoms with E-state index in [0.717, 1.165) is 10.0 Å². The molecule has 0 fully saturated rings. The number of hydrogen-bond acceptors (Lipinski definition) is 4. The van der Waals surface area contributed by atoms with Crippen LogP contribution in [0.15, 0.2) is 46.9 Å². The van der Waals surface area contributed by atoms with Crippen LogP contribution in [0.4, 0.5) is 0 Å². The van der Waals surface area contributed by atoms with Crippen LogP contribution in [-0.2, 0) is 6.61 Å². The van der Waals surface area contributed by atoms with Crippen molar-refractivity contribution in [3.63, 3.8) is 0 Å². The number of nitrogens with two attached hydrogens (primary N) is 1. The summed E-state index contributed by atoms with van der Waals surface area (Å²) < 4.78 is 6.40. The lowest BCUT2D eigenvalue weighted by molar-refractivity contribution is 0.0953. The molecule has 2 aromatic carbocycles. The predicted molar refractivity (Wildman–Crippen MR) is 81.3 cm³/mol. The highest BCUT2D eigenvalue weighted by Gasteiger charge is 2.07. The van der Waals surface area contributed by atoms with Crippen molar-refractivity contribution in [1.82, 2.24) is 5.43 Å². The Morgan fingerprint density at radius 2 is 2.00 bits per heavy atom. The normalized spacial score (nSPS) is 9.76. The maximum Gasteiger partial charge on any atom is 0.265 e. The molecule has 2 aromatic rings. The molecule has 21 heavy (non-hydrogen) atoms. The van der Waals surface area contributed by atoms with Gasteiger partial charge in [-0.15, -0.1) is 0 Å². The second-order valence-corrected chi connectivity index (χ2v) is 5.06. The summed E-state index contributed by atoms with van der Waals surface area (Å²) >= 11 is 3.40. The molecule has 0 unspecified atom stereocenters. The molecule has 0 saturated carbocycles. The summed E-state index contributed by atoms with van der Waals surface area (Å²) in [5.41, 5.74) is 4.02. The highest BCUT2D eigenvalue weighted by atomic mass is 79.9. The monoisotopic (exact) mass is 345 g/mol. The smallest absolute Gasteiger partial charge is 0.265 e. The number of nitrogens with one attached hydrogen (secondary N) is 1. The Balaban J connectivity index is 2.06. The Morgan fingerprint density at radius 3 is 2.57 bits per heavy atom. The van der Waals surface area contributed by atoms with Crippen LogP contribution in [0, 0.1) is 11.3 Å². The molecule has 5 nitrogen and oxygen atoms in total. The fraction of sp³-hybridized carbons (Fsp3) is 0.0667. The number of nitrogen functional groups attached to an aromatic ring is 1. The Labute approximate surface area is 130 Å². The average molecular weight is 346 g/mol. The molecular weight excluding hydrogens is 334 g/mol. The van der Waals surface area contributed by atoms with Crippen LogP contribution < -0.4 is 16.0 Å². The summed E-state index contributed by atoms with van der Waals surface area (Å²) in [7, 11) is 0. The molecule has 0 aromatic heterocycles. The van der Waals surface area contributed by atoms with Crippen LogP contribution in [0.2, 0.25) is 0 Å². The Hall–Kier alpha value is -2.36. The van der Waals surface area contributed by atoms with Gasteiger partial charge in [-0.1, -0.05) is 22.0 Å². The van der Waals surface area contributed by atoms with E-state index in [1.54, 1.807) is 42.5 Å². The van der Waals surface area contributed by atoms with Crippen molar-refractivity contribution in [2.45, 2.75) is 6.61 Å². The van der Waals surface area contributed by atoms with Gasteiger partial charge in [-0.25, -0.2) is 5.84 Å². The number of nitriles is 1.